The Morgan fingerprint density at radius 3 is 2.69 bits per heavy atom. The molecule has 5 heteroatoms. The number of hydrogen-bond acceptors (Lipinski definition) is 3. The number of nitrogens with one attached hydrogen (secondary N) is 2. The van der Waals surface area contributed by atoms with Gasteiger partial charge in [0.2, 0.25) is 0 Å². The maximum Gasteiger partial charge on any atom is 0.180 e. The van der Waals surface area contributed by atoms with E-state index in [2.05, 4.69) is 10.7 Å². The fourth-order valence-corrected chi connectivity index (χ4v) is 1.05. The van der Waals surface area contributed by atoms with E-state index in [4.69, 9.17) is 17.0 Å². The van der Waals surface area contributed by atoms with Gasteiger partial charge in [-0.1, -0.05) is 0 Å². The molecular formula is C8H19N3OS. The first-order valence-corrected chi connectivity index (χ1v) is 4.87. The van der Waals surface area contributed by atoms with Crippen LogP contribution in [0.5, 0.6) is 0 Å². The molecule has 0 heterocycles. The lowest BCUT2D eigenvalue weighted by atomic mass is 10.4. The monoisotopic (exact) mass is 205 g/mol. The Balaban J connectivity index is 3.17. The second-order valence-electron chi connectivity index (χ2n) is 2.81. The van der Waals surface area contributed by atoms with Crippen molar-refractivity contribution < 1.29 is 4.74 Å². The van der Waals surface area contributed by atoms with E-state index < -0.39 is 0 Å². The van der Waals surface area contributed by atoms with Crippen molar-refractivity contribution in [2.45, 2.75) is 13.3 Å². The Labute approximate surface area is 85.6 Å². The Hall–Kier alpha value is -0.390. The molecule has 0 saturated heterocycles. The highest BCUT2D eigenvalue weighted by Gasteiger charge is 1.94. The Morgan fingerprint density at radius 2 is 2.15 bits per heavy atom. The van der Waals surface area contributed by atoms with Crippen LogP contribution in [-0.2, 0) is 4.74 Å². The standard InChI is InChI=1S/C8H19N3OS/c1-4-12-7-5-6-9-8(13)10-11(2)3/h4-7H2,1-3H3,(H2,9,10,13). The first kappa shape index (κ1) is 12.6. The summed E-state index contributed by atoms with van der Waals surface area (Å²) in [6.07, 6.45) is 0.975. The maximum absolute atomic E-state index is 5.18. The molecule has 0 aliphatic heterocycles. The van der Waals surface area contributed by atoms with Crippen molar-refractivity contribution in [3.05, 3.63) is 0 Å². The third-order valence-electron chi connectivity index (χ3n) is 1.28. The van der Waals surface area contributed by atoms with E-state index in [0.29, 0.717) is 5.11 Å². The van der Waals surface area contributed by atoms with Crippen molar-refractivity contribution in [1.29, 1.82) is 0 Å². The van der Waals surface area contributed by atoms with E-state index in [1.807, 2.05) is 21.0 Å². The summed E-state index contributed by atoms with van der Waals surface area (Å²) in [5, 5.41) is 5.53. The van der Waals surface area contributed by atoms with Gasteiger partial charge in [-0.25, -0.2) is 5.01 Å². The number of hydrazine groups is 1. The number of hydrogen-bond donors (Lipinski definition) is 2. The quantitative estimate of drug-likeness (QED) is 0.372. The van der Waals surface area contributed by atoms with Gasteiger partial charge in [-0.3, -0.25) is 5.43 Å². The van der Waals surface area contributed by atoms with Gasteiger partial charge in [0.15, 0.2) is 5.11 Å². The minimum atomic E-state index is 0.654. The van der Waals surface area contributed by atoms with Crippen LogP contribution in [0.1, 0.15) is 13.3 Å². The lowest BCUT2D eigenvalue weighted by Gasteiger charge is -2.15. The number of thiocarbonyl (C=S) groups is 1. The highest BCUT2D eigenvalue weighted by Crippen LogP contribution is 1.80. The second kappa shape index (κ2) is 8.22. The van der Waals surface area contributed by atoms with E-state index >= 15 is 0 Å². The fourth-order valence-electron chi connectivity index (χ4n) is 0.763. The van der Waals surface area contributed by atoms with E-state index in [1.54, 1.807) is 5.01 Å². The first-order chi connectivity index (χ1) is 6.16. The Morgan fingerprint density at radius 1 is 1.46 bits per heavy atom. The van der Waals surface area contributed by atoms with Gasteiger partial charge >= 0.3 is 0 Å². The van der Waals surface area contributed by atoms with Crippen LogP contribution in [0.15, 0.2) is 0 Å². The van der Waals surface area contributed by atoms with Crippen molar-refractivity contribution in [1.82, 2.24) is 15.8 Å². The molecule has 13 heavy (non-hydrogen) atoms. The van der Waals surface area contributed by atoms with Gasteiger partial charge in [0.05, 0.1) is 0 Å². The summed E-state index contributed by atoms with van der Waals surface area (Å²) in [6, 6.07) is 0. The summed E-state index contributed by atoms with van der Waals surface area (Å²) in [5.41, 5.74) is 2.95. The predicted octanol–water partition coefficient (Wildman–Crippen LogP) is 0.354. The molecule has 0 aromatic carbocycles. The molecule has 0 aliphatic carbocycles. The van der Waals surface area contributed by atoms with Gasteiger partial charge in [-0.2, -0.15) is 0 Å². The summed E-state index contributed by atoms with van der Waals surface area (Å²) < 4.78 is 5.18. The lowest BCUT2D eigenvalue weighted by Crippen LogP contribution is -2.43. The largest absolute Gasteiger partial charge is 0.382 e. The minimum Gasteiger partial charge on any atom is -0.382 e. The summed E-state index contributed by atoms with van der Waals surface area (Å²) >= 11 is 5.00. The summed E-state index contributed by atoms with van der Waals surface area (Å²) in [7, 11) is 3.79. The second-order valence-corrected chi connectivity index (χ2v) is 3.22. The molecular weight excluding hydrogens is 186 g/mol. The number of ether oxygens (including phenoxy) is 1. The molecule has 0 atom stereocenters. The molecule has 0 bridgehead atoms. The molecule has 0 spiro atoms. The molecule has 0 saturated carbocycles. The van der Waals surface area contributed by atoms with Crippen molar-refractivity contribution in [2.75, 3.05) is 33.9 Å². The fraction of sp³-hybridized carbons (Fsp3) is 0.875. The minimum absolute atomic E-state index is 0.654. The maximum atomic E-state index is 5.18. The van der Waals surface area contributed by atoms with Crippen LogP contribution in [0, 0.1) is 0 Å². The van der Waals surface area contributed by atoms with E-state index in [1.165, 1.54) is 0 Å². The SMILES string of the molecule is CCOCCCNC(=S)NN(C)C. The van der Waals surface area contributed by atoms with Crippen LogP contribution in [0.2, 0.25) is 0 Å². The molecule has 0 aromatic heterocycles. The Bertz CT molecular complexity index is 141. The zero-order chi connectivity index (χ0) is 10.1. The molecule has 0 radical (unpaired) electrons. The van der Waals surface area contributed by atoms with Crippen LogP contribution in [0.4, 0.5) is 0 Å². The van der Waals surface area contributed by atoms with E-state index in [0.717, 1.165) is 26.2 Å². The van der Waals surface area contributed by atoms with Gasteiger partial charge in [-0.15, -0.1) is 0 Å². The van der Waals surface area contributed by atoms with Gasteiger partial charge < -0.3 is 10.1 Å². The molecule has 2 N–H and O–H groups in total. The predicted molar refractivity (Wildman–Crippen MR) is 58.5 cm³/mol. The van der Waals surface area contributed by atoms with Crippen molar-refractivity contribution in [3.8, 4) is 0 Å². The molecule has 4 nitrogen and oxygen atoms in total. The van der Waals surface area contributed by atoms with Gasteiger partial charge in [0.25, 0.3) is 0 Å². The molecule has 0 fully saturated rings. The third-order valence-corrected chi connectivity index (χ3v) is 1.52. The molecule has 0 aromatic rings. The van der Waals surface area contributed by atoms with Crippen LogP contribution < -0.4 is 10.7 Å². The zero-order valence-electron chi connectivity index (χ0n) is 8.59. The molecule has 0 aliphatic rings. The van der Waals surface area contributed by atoms with Gasteiger partial charge in [0, 0.05) is 33.9 Å². The van der Waals surface area contributed by atoms with Gasteiger partial charge in [-0.05, 0) is 25.6 Å². The Kier molecular flexibility index (Phi) is 7.97. The smallest absolute Gasteiger partial charge is 0.180 e. The topological polar surface area (TPSA) is 36.5 Å². The molecule has 0 unspecified atom stereocenters. The highest BCUT2D eigenvalue weighted by molar-refractivity contribution is 7.80. The van der Waals surface area contributed by atoms with Crippen molar-refractivity contribution >= 4 is 17.3 Å². The molecule has 0 amide bonds. The first-order valence-electron chi connectivity index (χ1n) is 4.46. The normalized spacial score (nSPS) is 10.2. The van der Waals surface area contributed by atoms with Crippen molar-refractivity contribution in [3.63, 3.8) is 0 Å². The summed E-state index contributed by atoms with van der Waals surface area (Å²) in [4.78, 5) is 0. The summed E-state index contributed by atoms with van der Waals surface area (Å²) in [6.45, 7) is 4.40. The van der Waals surface area contributed by atoms with E-state index in [-0.39, 0.29) is 0 Å². The van der Waals surface area contributed by atoms with E-state index in [9.17, 15) is 0 Å². The van der Waals surface area contributed by atoms with Gasteiger partial charge in [0.1, 0.15) is 0 Å². The van der Waals surface area contributed by atoms with Crippen LogP contribution >= 0.6 is 12.2 Å². The van der Waals surface area contributed by atoms with Crippen LogP contribution in [0.25, 0.3) is 0 Å². The highest BCUT2D eigenvalue weighted by atomic mass is 32.1. The number of rotatable bonds is 6. The van der Waals surface area contributed by atoms with Crippen LogP contribution in [0.3, 0.4) is 0 Å². The third kappa shape index (κ3) is 9.52. The lowest BCUT2D eigenvalue weighted by molar-refractivity contribution is 0.145. The molecule has 78 valence electrons. The van der Waals surface area contributed by atoms with Crippen LogP contribution in [-0.4, -0.2) is 44.0 Å². The van der Waals surface area contributed by atoms with Crippen molar-refractivity contribution in [2.24, 2.45) is 0 Å². The zero-order valence-corrected chi connectivity index (χ0v) is 9.41. The molecule has 0 rings (SSSR count). The summed E-state index contributed by atoms with van der Waals surface area (Å²) in [5.74, 6) is 0. The average molecular weight is 205 g/mol. The number of nitrogens with zero attached hydrogens (tertiary/aromatic N) is 1. The average Bonchev–Trinajstić information content (AvgIpc) is 2.02.